The molecule has 0 radical (unpaired) electrons. The fraction of sp³-hybridized carbons (Fsp3) is 0.538. The zero-order chi connectivity index (χ0) is 13.2. The number of nitrogens with zero attached hydrogens (tertiary/aromatic N) is 3. The fourth-order valence-corrected chi connectivity index (χ4v) is 2.44. The fourth-order valence-electron chi connectivity index (χ4n) is 2.44. The SMILES string of the molecule is O=C(Nc1cnccn1)[C@H]1CCCN1C(=O)C1CC1. The molecule has 0 unspecified atom stereocenters. The third kappa shape index (κ3) is 2.57. The lowest BCUT2D eigenvalue weighted by molar-refractivity contribution is -0.137. The second kappa shape index (κ2) is 4.95. The molecule has 1 N–H and O–H groups in total. The molecule has 1 aliphatic carbocycles. The minimum Gasteiger partial charge on any atom is -0.330 e. The van der Waals surface area contributed by atoms with Crippen molar-refractivity contribution in [1.29, 1.82) is 0 Å². The van der Waals surface area contributed by atoms with Gasteiger partial charge in [0.2, 0.25) is 11.8 Å². The normalized spacial score (nSPS) is 22.3. The van der Waals surface area contributed by atoms with Crippen LogP contribution in [0, 0.1) is 5.92 Å². The standard InChI is InChI=1S/C13H16N4O2/c18-12(16-11-8-14-5-6-15-11)10-2-1-7-17(10)13(19)9-3-4-9/h5-6,8-10H,1-4,7H2,(H,15,16,18)/t10-/m1/s1. The van der Waals surface area contributed by atoms with E-state index in [1.807, 2.05) is 0 Å². The van der Waals surface area contributed by atoms with Crippen LogP contribution in [0.1, 0.15) is 25.7 Å². The zero-order valence-corrected chi connectivity index (χ0v) is 10.6. The van der Waals surface area contributed by atoms with Crippen LogP contribution in [-0.2, 0) is 9.59 Å². The molecule has 1 aliphatic heterocycles. The molecule has 1 atom stereocenters. The van der Waals surface area contributed by atoms with Crippen molar-refractivity contribution in [1.82, 2.24) is 14.9 Å². The molecule has 2 fully saturated rings. The third-order valence-electron chi connectivity index (χ3n) is 3.58. The summed E-state index contributed by atoms with van der Waals surface area (Å²) in [6, 6.07) is -0.352. The molecule has 2 amide bonds. The number of aromatic nitrogens is 2. The van der Waals surface area contributed by atoms with Gasteiger partial charge in [0.05, 0.1) is 6.20 Å². The molecule has 6 heteroatoms. The number of rotatable bonds is 3. The Hall–Kier alpha value is -1.98. The molecule has 0 aromatic carbocycles. The Morgan fingerprint density at radius 2 is 2.11 bits per heavy atom. The summed E-state index contributed by atoms with van der Waals surface area (Å²) in [6.45, 7) is 0.688. The van der Waals surface area contributed by atoms with Gasteiger partial charge in [-0.05, 0) is 25.7 Å². The first kappa shape index (κ1) is 12.1. The highest BCUT2D eigenvalue weighted by molar-refractivity contribution is 5.97. The number of likely N-dealkylation sites (tertiary alicyclic amines) is 1. The topological polar surface area (TPSA) is 75.2 Å². The van der Waals surface area contributed by atoms with Gasteiger partial charge in [0, 0.05) is 24.9 Å². The molecule has 1 saturated carbocycles. The van der Waals surface area contributed by atoms with Gasteiger partial charge in [-0.3, -0.25) is 14.6 Å². The van der Waals surface area contributed by atoms with E-state index in [-0.39, 0.29) is 23.8 Å². The molecule has 0 spiro atoms. The van der Waals surface area contributed by atoms with Gasteiger partial charge < -0.3 is 10.2 Å². The Morgan fingerprint density at radius 1 is 1.26 bits per heavy atom. The Balaban J connectivity index is 1.66. The maximum Gasteiger partial charge on any atom is 0.248 e. The van der Waals surface area contributed by atoms with Crippen LogP contribution in [0.15, 0.2) is 18.6 Å². The summed E-state index contributed by atoms with van der Waals surface area (Å²) < 4.78 is 0. The molecule has 6 nitrogen and oxygen atoms in total. The lowest BCUT2D eigenvalue weighted by Crippen LogP contribution is -2.43. The Labute approximate surface area is 111 Å². The van der Waals surface area contributed by atoms with Crippen molar-refractivity contribution in [2.24, 2.45) is 5.92 Å². The molecular formula is C13H16N4O2. The monoisotopic (exact) mass is 260 g/mol. The minimum absolute atomic E-state index is 0.136. The van der Waals surface area contributed by atoms with Crippen molar-refractivity contribution < 1.29 is 9.59 Å². The number of nitrogens with one attached hydrogen (secondary N) is 1. The Bertz CT molecular complexity index is 487. The summed E-state index contributed by atoms with van der Waals surface area (Å²) >= 11 is 0. The van der Waals surface area contributed by atoms with Gasteiger partial charge in [-0.2, -0.15) is 0 Å². The molecule has 3 rings (SSSR count). The predicted octanol–water partition coefficient (Wildman–Crippen LogP) is 0.816. The van der Waals surface area contributed by atoms with Crippen LogP contribution >= 0.6 is 0 Å². The number of hydrogen-bond donors (Lipinski definition) is 1. The van der Waals surface area contributed by atoms with E-state index in [0.717, 1.165) is 25.7 Å². The van der Waals surface area contributed by atoms with Crippen molar-refractivity contribution in [3.8, 4) is 0 Å². The Morgan fingerprint density at radius 3 is 2.79 bits per heavy atom. The van der Waals surface area contributed by atoms with E-state index in [1.165, 1.54) is 12.4 Å². The Kier molecular flexibility index (Phi) is 3.15. The average molecular weight is 260 g/mol. The quantitative estimate of drug-likeness (QED) is 0.873. The number of anilines is 1. The van der Waals surface area contributed by atoms with Crippen molar-refractivity contribution in [2.45, 2.75) is 31.7 Å². The van der Waals surface area contributed by atoms with E-state index in [2.05, 4.69) is 15.3 Å². The molecule has 100 valence electrons. The first-order valence-electron chi connectivity index (χ1n) is 6.63. The summed E-state index contributed by atoms with van der Waals surface area (Å²) in [5.41, 5.74) is 0. The average Bonchev–Trinajstić information content (AvgIpc) is 3.16. The van der Waals surface area contributed by atoms with Crippen LogP contribution in [0.25, 0.3) is 0 Å². The number of amides is 2. The summed E-state index contributed by atoms with van der Waals surface area (Å²) in [6.07, 6.45) is 8.12. The number of carbonyl (C=O) groups excluding carboxylic acids is 2. The minimum atomic E-state index is -0.352. The van der Waals surface area contributed by atoms with E-state index in [9.17, 15) is 9.59 Å². The second-order valence-corrected chi connectivity index (χ2v) is 5.04. The molecule has 2 heterocycles. The number of carbonyl (C=O) groups is 2. The molecule has 19 heavy (non-hydrogen) atoms. The van der Waals surface area contributed by atoms with Crippen molar-refractivity contribution in [2.75, 3.05) is 11.9 Å². The molecule has 1 saturated heterocycles. The van der Waals surface area contributed by atoms with Gasteiger partial charge in [0.25, 0.3) is 0 Å². The van der Waals surface area contributed by atoms with Gasteiger partial charge >= 0.3 is 0 Å². The summed E-state index contributed by atoms with van der Waals surface area (Å²) in [4.78, 5) is 33.9. The molecular weight excluding hydrogens is 244 g/mol. The lowest BCUT2D eigenvalue weighted by Gasteiger charge is -2.23. The highest BCUT2D eigenvalue weighted by Crippen LogP contribution is 2.33. The van der Waals surface area contributed by atoms with Crippen LogP contribution in [0.5, 0.6) is 0 Å². The first-order valence-corrected chi connectivity index (χ1v) is 6.63. The largest absolute Gasteiger partial charge is 0.330 e. The summed E-state index contributed by atoms with van der Waals surface area (Å²) in [7, 11) is 0. The number of hydrogen-bond acceptors (Lipinski definition) is 4. The van der Waals surface area contributed by atoms with Crippen LogP contribution in [-0.4, -0.2) is 39.3 Å². The lowest BCUT2D eigenvalue weighted by atomic mass is 10.2. The maximum atomic E-state index is 12.2. The van der Waals surface area contributed by atoms with Gasteiger partial charge in [0.1, 0.15) is 6.04 Å². The van der Waals surface area contributed by atoms with E-state index < -0.39 is 0 Å². The first-order chi connectivity index (χ1) is 9.25. The van der Waals surface area contributed by atoms with Crippen LogP contribution < -0.4 is 5.32 Å². The van der Waals surface area contributed by atoms with Crippen molar-refractivity contribution in [3.05, 3.63) is 18.6 Å². The third-order valence-corrected chi connectivity index (χ3v) is 3.58. The van der Waals surface area contributed by atoms with Crippen LogP contribution in [0.2, 0.25) is 0 Å². The summed E-state index contributed by atoms with van der Waals surface area (Å²) in [5, 5.41) is 2.72. The van der Waals surface area contributed by atoms with E-state index in [0.29, 0.717) is 12.4 Å². The van der Waals surface area contributed by atoms with Crippen molar-refractivity contribution >= 4 is 17.6 Å². The highest BCUT2D eigenvalue weighted by Gasteiger charge is 2.40. The molecule has 0 bridgehead atoms. The highest BCUT2D eigenvalue weighted by atomic mass is 16.2. The van der Waals surface area contributed by atoms with E-state index >= 15 is 0 Å². The molecule has 1 aromatic heterocycles. The predicted molar refractivity (Wildman–Crippen MR) is 68.1 cm³/mol. The van der Waals surface area contributed by atoms with Gasteiger partial charge in [-0.15, -0.1) is 0 Å². The van der Waals surface area contributed by atoms with E-state index in [4.69, 9.17) is 0 Å². The van der Waals surface area contributed by atoms with Crippen LogP contribution in [0.4, 0.5) is 5.82 Å². The smallest absolute Gasteiger partial charge is 0.248 e. The van der Waals surface area contributed by atoms with Gasteiger partial charge in [-0.25, -0.2) is 4.98 Å². The second-order valence-electron chi connectivity index (χ2n) is 5.04. The van der Waals surface area contributed by atoms with Gasteiger partial charge in [0.15, 0.2) is 5.82 Å². The van der Waals surface area contributed by atoms with Crippen LogP contribution in [0.3, 0.4) is 0 Å². The molecule has 2 aliphatic rings. The van der Waals surface area contributed by atoms with Gasteiger partial charge in [-0.1, -0.05) is 0 Å². The summed E-state index contributed by atoms with van der Waals surface area (Å²) in [5.74, 6) is 0.562. The van der Waals surface area contributed by atoms with E-state index in [1.54, 1.807) is 11.1 Å². The maximum absolute atomic E-state index is 12.2. The zero-order valence-electron chi connectivity index (χ0n) is 10.6. The molecule has 1 aromatic rings. The van der Waals surface area contributed by atoms with Crippen molar-refractivity contribution in [3.63, 3.8) is 0 Å².